The van der Waals surface area contributed by atoms with Crippen molar-refractivity contribution in [2.24, 2.45) is 0 Å². The summed E-state index contributed by atoms with van der Waals surface area (Å²) in [5, 5.41) is 11.8. The van der Waals surface area contributed by atoms with E-state index < -0.39 is 16.7 Å². The lowest BCUT2D eigenvalue weighted by atomic mass is 10.2. The van der Waals surface area contributed by atoms with Crippen molar-refractivity contribution >= 4 is 51.9 Å². The van der Waals surface area contributed by atoms with Crippen molar-refractivity contribution in [1.29, 1.82) is 0 Å². The highest BCUT2D eigenvalue weighted by atomic mass is 32.2. The maximum atomic E-state index is 12.4. The van der Waals surface area contributed by atoms with E-state index in [4.69, 9.17) is 16.6 Å². The summed E-state index contributed by atoms with van der Waals surface area (Å²) in [6.07, 6.45) is 6.39. The Morgan fingerprint density at radius 2 is 2.15 bits per heavy atom. The Labute approximate surface area is 162 Å². The first kappa shape index (κ1) is 18.5. The number of thioether (sulfide) groups is 1. The maximum Gasteiger partial charge on any atom is 0.285 e. The molecule has 8 nitrogen and oxygen atoms in total. The molecule has 1 aromatic carbocycles. The van der Waals surface area contributed by atoms with Gasteiger partial charge in [-0.05, 0) is 42.6 Å². The molecule has 3 rings (SSSR count). The van der Waals surface area contributed by atoms with Crippen molar-refractivity contribution in [2.45, 2.75) is 0 Å². The summed E-state index contributed by atoms with van der Waals surface area (Å²) in [6, 6.07) is 8.68. The second kappa shape index (κ2) is 7.98. The van der Waals surface area contributed by atoms with Crippen LogP contribution in [0.25, 0.3) is 6.08 Å². The van der Waals surface area contributed by atoms with E-state index in [0.717, 1.165) is 22.8 Å². The van der Waals surface area contributed by atoms with Crippen LogP contribution in [0.3, 0.4) is 0 Å². The molecule has 0 radical (unpaired) electrons. The zero-order valence-electron chi connectivity index (χ0n) is 13.5. The number of carbonyl (C=O) groups excluding carboxylic acids is 2. The summed E-state index contributed by atoms with van der Waals surface area (Å²) in [5.41, 5.74) is 2.19. The highest BCUT2D eigenvalue weighted by Gasteiger charge is 2.33. The number of hydrazine groups is 1. The number of nitro benzene ring substituents is 1. The molecule has 1 fully saturated rings. The largest absolute Gasteiger partial charge is 0.465 e. The number of nitro groups is 1. The lowest BCUT2D eigenvalue weighted by Gasteiger charge is -2.15. The molecule has 1 aliphatic rings. The molecule has 1 aliphatic heterocycles. The quantitative estimate of drug-likeness (QED) is 0.355. The molecule has 1 N–H and O–H groups in total. The van der Waals surface area contributed by atoms with Crippen molar-refractivity contribution in [3.8, 4) is 0 Å². The summed E-state index contributed by atoms with van der Waals surface area (Å²) >= 11 is 6.15. The van der Waals surface area contributed by atoms with Crippen LogP contribution in [0.1, 0.15) is 16.1 Å². The predicted molar refractivity (Wildman–Crippen MR) is 103 cm³/mol. The molecule has 1 saturated heterocycles. The monoisotopic (exact) mass is 401 g/mol. The summed E-state index contributed by atoms with van der Waals surface area (Å²) in [4.78, 5) is 35.3. The molecular formula is C17H11N3O5S2. The summed E-state index contributed by atoms with van der Waals surface area (Å²) in [6.45, 7) is 0. The van der Waals surface area contributed by atoms with Crippen molar-refractivity contribution < 1.29 is 18.9 Å². The number of furan rings is 1. The van der Waals surface area contributed by atoms with E-state index in [2.05, 4.69) is 5.43 Å². The van der Waals surface area contributed by atoms with Crippen molar-refractivity contribution in [3.63, 3.8) is 0 Å². The number of rotatable bonds is 5. The maximum absolute atomic E-state index is 12.4. The minimum Gasteiger partial charge on any atom is -0.465 e. The molecule has 0 bridgehead atoms. The molecule has 136 valence electrons. The van der Waals surface area contributed by atoms with Crippen LogP contribution in [0.5, 0.6) is 0 Å². The van der Waals surface area contributed by atoms with Crippen LogP contribution in [0.4, 0.5) is 5.69 Å². The van der Waals surface area contributed by atoms with Gasteiger partial charge in [-0.15, -0.1) is 0 Å². The third-order valence-corrected chi connectivity index (χ3v) is 4.70. The Hall–Kier alpha value is -3.24. The highest BCUT2D eigenvalue weighted by molar-refractivity contribution is 8.26. The average Bonchev–Trinajstić information content (AvgIpc) is 3.26. The van der Waals surface area contributed by atoms with Gasteiger partial charge >= 0.3 is 0 Å². The Morgan fingerprint density at radius 3 is 2.85 bits per heavy atom. The van der Waals surface area contributed by atoms with Gasteiger partial charge in [0.1, 0.15) is 5.76 Å². The van der Waals surface area contributed by atoms with Crippen molar-refractivity contribution in [2.75, 3.05) is 0 Å². The van der Waals surface area contributed by atoms with Crippen LogP contribution in [-0.4, -0.2) is 26.1 Å². The van der Waals surface area contributed by atoms with Crippen LogP contribution < -0.4 is 5.43 Å². The lowest BCUT2D eigenvalue weighted by molar-refractivity contribution is -0.384. The van der Waals surface area contributed by atoms with E-state index in [1.54, 1.807) is 30.4 Å². The summed E-state index contributed by atoms with van der Waals surface area (Å²) < 4.78 is 5.30. The molecule has 2 amide bonds. The van der Waals surface area contributed by atoms with E-state index in [-0.39, 0.29) is 15.6 Å². The topological polar surface area (TPSA) is 106 Å². The number of thiocarbonyl (C=S) groups is 1. The smallest absolute Gasteiger partial charge is 0.285 e. The molecule has 0 unspecified atom stereocenters. The van der Waals surface area contributed by atoms with Gasteiger partial charge in [0.2, 0.25) is 0 Å². The van der Waals surface area contributed by atoms with E-state index in [0.29, 0.717) is 10.7 Å². The lowest BCUT2D eigenvalue weighted by Crippen LogP contribution is -2.44. The third kappa shape index (κ3) is 4.30. The Kier molecular flexibility index (Phi) is 5.48. The minimum absolute atomic E-state index is 0.0416. The first-order chi connectivity index (χ1) is 13.0. The zero-order valence-corrected chi connectivity index (χ0v) is 15.2. The number of carbonyl (C=O) groups is 2. The average molecular weight is 401 g/mol. The molecule has 27 heavy (non-hydrogen) atoms. The number of nitrogens with zero attached hydrogens (tertiary/aromatic N) is 2. The standard InChI is InChI=1S/C17H11N3O5S2/c21-15(11-4-1-5-12(10-11)20(23)24)18-19-16(22)14(27-17(19)26)8-2-6-13-7-3-9-25-13/h1-10H,(H,18,21). The Bertz CT molecular complexity index is 982. The molecule has 2 heterocycles. The fourth-order valence-electron chi connectivity index (χ4n) is 2.12. The van der Waals surface area contributed by atoms with E-state index in [1.807, 2.05) is 0 Å². The number of hydrogen-bond acceptors (Lipinski definition) is 7. The van der Waals surface area contributed by atoms with Crippen LogP contribution in [-0.2, 0) is 4.79 Å². The van der Waals surface area contributed by atoms with Crippen molar-refractivity contribution in [3.05, 3.63) is 81.2 Å². The number of hydrogen-bond donors (Lipinski definition) is 1. The van der Waals surface area contributed by atoms with Gasteiger partial charge in [-0.3, -0.25) is 25.1 Å². The molecular weight excluding hydrogens is 390 g/mol. The fraction of sp³-hybridized carbons (Fsp3) is 0. The number of allylic oxidation sites excluding steroid dienone is 2. The second-order valence-electron chi connectivity index (χ2n) is 5.16. The number of amides is 2. The third-order valence-electron chi connectivity index (χ3n) is 3.38. The molecule has 2 aromatic rings. The van der Waals surface area contributed by atoms with Gasteiger partial charge in [0, 0.05) is 17.7 Å². The zero-order chi connectivity index (χ0) is 19.4. The van der Waals surface area contributed by atoms with E-state index >= 15 is 0 Å². The fourth-order valence-corrected chi connectivity index (χ4v) is 3.25. The SMILES string of the molecule is O=C(NN1C(=O)C(=CC=Cc2ccco2)SC1=S)c1cccc([N+](=O)[O-])c1. The van der Waals surface area contributed by atoms with Gasteiger partial charge in [-0.25, -0.2) is 0 Å². The minimum atomic E-state index is -0.678. The van der Waals surface area contributed by atoms with Crippen LogP contribution in [0.2, 0.25) is 0 Å². The van der Waals surface area contributed by atoms with Gasteiger partial charge in [0.25, 0.3) is 17.5 Å². The van der Waals surface area contributed by atoms with E-state index in [9.17, 15) is 19.7 Å². The van der Waals surface area contributed by atoms with Crippen LogP contribution >= 0.6 is 24.0 Å². The van der Waals surface area contributed by atoms with Gasteiger partial charge in [-0.1, -0.05) is 23.9 Å². The molecule has 1 aromatic heterocycles. The number of benzene rings is 1. The van der Waals surface area contributed by atoms with Gasteiger partial charge in [0.15, 0.2) is 4.32 Å². The predicted octanol–water partition coefficient (Wildman–Crippen LogP) is 3.29. The van der Waals surface area contributed by atoms with Crippen LogP contribution in [0.15, 0.2) is 64.1 Å². The molecule has 0 atom stereocenters. The van der Waals surface area contributed by atoms with Gasteiger partial charge in [-0.2, -0.15) is 5.01 Å². The van der Waals surface area contributed by atoms with Gasteiger partial charge < -0.3 is 4.42 Å². The highest BCUT2D eigenvalue weighted by Crippen LogP contribution is 2.30. The Balaban J connectivity index is 1.71. The van der Waals surface area contributed by atoms with E-state index in [1.165, 1.54) is 24.5 Å². The molecule has 0 saturated carbocycles. The normalized spacial score (nSPS) is 15.7. The molecule has 10 heteroatoms. The summed E-state index contributed by atoms with van der Waals surface area (Å²) in [7, 11) is 0. The van der Waals surface area contributed by atoms with Gasteiger partial charge in [0.05, 0.1) is 16.1 Å². The summed E-state index contributed by atoms with van der Waals surface area (Å²) in [5.74, 6) is -0.545. The molecule has 0 spiro atoms. The van der Waals surface area contributed by atoms with Crippen molar-refractivity contribution in [1.82, 2.24) is 10.4 Å². The first-order valence-corrected chi connectivity index (χ1v) is 8.72. The molecule has 0 aliphatic carbocycles. The first-order valence-electron chi connectivity index (χ1n) is 7.49. The Morgan fingerprint density at radius 1 is 1.33 bits per heavy atom. The number of nitrogens with one attached hydrogen (secondary N) is 1. The number of non-ortho nitro benzene ring substituents is 1. The van der Waals surface area contributed by atoms with Crippen LogP contribution in [0, 0.1) is 10.1 Å². The second-order valence-corrected chi connectivity index (χ2v) is 6.84.